The van der Waals surface area contributed by atoms with Crippen molar-refractivity contribution in [2.75, 3.05) is 5.75 Å². The highest BCUT2D eigenvalue weighted by atomic mass is 32.2. The summed E-state index contributed by atoms with van der Waals surface area (Å²) < 4.78 is 0. The van der Waals surface area contributed by atoms with Gasteiger partial charge in [0.2, 0.25) is 0 Å². The minimum atomic E-state index is 0.297. The van der Waals surface area contributed by atoms with E-state index in [-0.39, 0.29) is 0 Å². The fraction of sp³-hybridized carbons (Fsp3) is 0.429. The first-order chi connectivity index (χ1) is 7.72. The Morgan fingerprint density at radius 1 is 1.50 bits per heavy atom. The molecule has 0 amide bonds. The lowest BCUT2D eigenvalue weighted by atomic mass is 10.1. The number of hydrogen-bond acceptors (Lipinski definition) is 2. The van der Waals surface area contributed by atoms with Gasteiger partial charge in [0.05, 0.1) is 0 Å². The van der Waals surface area contributed by atoms with Crippen LogP contribution in [0.3, 0.4) is 0 Å². The zero-order valence-corrected chi connectivity index (χ0v) is 10.8. The molecule has 1 unspecified atom stereocenters. The van der Waals surface area contributed by atoms with Crippen LogP contribution < -0.4 is 5.73 Å². The quantitative estimate of drug-likeness (QED) is 0.442. The first-order valence-corrected chi connectivity index (χ1v) is 6.77. The minimum Gasteiger partial charge on any atom is -0.327 e. The van der Waals surface area contributed by atoms with E-state index in [4.69, 9.17) is 5.73 Å². The summed E-state index contributed by atoms with van der Waals surface area (Å²) in [5, 5.41) is 0. The maximum Gasteiger partial charge on any atom is 0.0134 e. The van der Waals surface area contributed by atoms with Gasteiger partial charge in [-0.3, -0.25) is 0 Å². The molecular formula is C14H21NS. The van der Waals surface area contributed by atoms with E-state index in [1.165, 1.54) is 10.5 Å². The van der Waals surface area contributed by atoms with Crippen molar-refractivity contribution in [1.29, 1.82) is 0 Å². The van der Waals surface area contributed by atoms with Crippen molar-refractivity contribution in [3.8, 4) is 0 Å². The summed E-state index contributed by atoms with van der Waals surface area (Å²) in [5.74, 6) is 1.00. The molecule has 1 aromatic rings. The van der Waals surface area contributed by atoms with Gasteiger partial charge in [0.15, 0.2) is 0 Å². The van der Waals surface area contributed by atoms with Crippen molar-refractivity contribution < 1.29 is 0 Å². The molecule has 16 heavy (non-hydrogen) atoms. The largest absolute Gasteiger partial charge is 0.327 e. The van der Waals surface area contributed by atoms with Crippen LogP contribution in [-0.2, 0) is 0 Å². The van der Waals surface area contributed by atoms with E-state index in [1.807, 2.05) is 17.8 Å². The zero-order chi connectivity index (χ0) is 11.8. The number of thioether (sulfide) groups is 1. The molecule has 2 heteroatoms. The fourth-order valence-corrected chi connectivity index (χ4v) is 2.53. The number of benzene rings is 1. The van der Waals surface area contributed by atoms with Crippen LogP contribution in [0, 0.1) is 6.92 Å². The van der Waals surface area contributed by atoms with E-state index in [1.54, 1.807) is 0 Å². The van der Waals surface area contributed by atoms with Gasteiger partial charge in [-0.1, -0.05) is 23.8 Å². The molecule has 2 N–H and O–H groups in total. The third kappa shape index (κ3) is 5.38. The number of aryl methyl sites for hydroxylation is 1. The van der Waals surface area contributed by atoms with E-state index in [0.717, 1.165) is 25.0 Å². The monoisotopic (exact) mass is 235 g/mol. The highest BCUT2D eigenvalue weighted by Gasteiger charge is 2.03. The van der Waals surface area contributed by atoms with Crippen LogP contribution in [0.1, 0.15) is 24.8 Å². The Bertz CT molecular complexity index is 322. The predicted molar refractivity (Wildman–Crippen MR) is 73.9 cm³/mol. The van der Waals surface area contributed by atoms with E-state index < -0.39 is 0 Å². The summed E-state index contributed by atoms with van der Waals surface area (Å²) in [5.41, 5.74) is 7.36. The number of hydrogen-bond donors (Lipinski definition) is 1. The molecule has 0 aliphatic carbocycles. The van der Waals surface area contributed by atoms with Crippen molar-refractivity contribution in [3.63, 3.8) is 0 Å². The highest BCUT2D eigenvalue weighted by Crippen LogP contribution is 2.20. The van der Waals surface area contributed by atoms with Crippen LogP contribution in [-0.4, -0.2) is 11.8 Å². The molecule has 1 aromatic carbocycles. The highest BCUT2D eigenvalue weighted by molar-refractivity contribution is 7.99. The normalized spacial score (nSPS) is 12.4. The Hall–Kier alpha value is -0.730. The van der Waals surface area contributed by atoms with Crippen LogP contribution in [0.4, 0.5) is 0 Å². The van der Waals surface area contributed by atoms with Crippen LogP contribution in [0.25, 0.3) is 0 Å². The number of rotatable bonds is 7. The van der Waals surface area contributed by atoms with Crippen molar-refractivity contribution in [2.45, 2.75) is 37.1 Å². The van der Waals surface area contributed by atoms with Crippen LogP contribution in [0.2, 0.25) is 0 Å². The summed E-state index contributed by atoms with van der Waals surface area (Å²) in [4.78, 5) is 1.32. The van der Waals surface area contributed by atoms with Crippen LogP contribution >= 0.6 is 11.8 Å². The second-order valence-corrected chi connectivity index (χ2v) is 5.20. The van der Waals surface area contributed by atoms with Gasteiger partial charge in [-0.2, -0.15) is 0 Å². The standard InChI is InChI=1S/C14H21NS/c1-3-4-5-8-13(15)11-16-14-9-6-7-12(2)10-14/h3,6-7,9-10,13H,1,4-5,8,11,15H2,2H3. The van der Waals surface area contributed by atoms with Gasteiger partial charge < -0.3 is 5.73 Å². The second-order valence-electron chi connectivity index (χ2n) is 4.11. The number of allylic oxidation sites excluding steroid dienone is 1. The van der Waals surface area contributed by atoms with Crippen molar-refractivity contribution in [1.82, 2.24) is 0 Å². The molecule has 0 heterocycles. The molecule has 0 fully saturated rings. The molecule has 0 aliphatic heterocycles. The molecule has 0 aromatic heterocycles. The summed E-state index contributed by atoms with van der Waals surface area (Å²) in [6.07, 6.45) is 5.27. The Morgan fingerprint density at radius 2 is 2.31 bits per heavy atom. The van der Waals surface area contributed by atoms with Gasteiger partial charge in [0.1, 0.15) is 0 Å². The Balaban J connectivity index is 2.25. The summed E-state index contributed by atoms with van der Waals surface area (Å²) in [6.45, 7) is 5.83. The molecule has 1 atom stereocenters. The van der Waals surface area contributed by atoms with Crippen LogP contribution in [0.15, 0.2) is 41.8 Å². The maximum absolute atomic E-state index is 6.05. The Kier molecular flexibility index (Phi) is 6.27. The molecule has 0 radical (unpaired) electrons. The molecule has 1 nitrogen and oxygen atoms in total. The van der Waals surface area contributed by atoms with Gasteiger partial charge in [0, 0.05) is 16.7 Å². The topological polar surface area (TPSA) is 26.0 Å². The van der Waals surface area contributed by atoms with Crippen LogP contribution in [0.5, 0.6) is 0 Å². The smallest absolute Gasteiger partial charge is 0.0134 e. The van der Waals surface area contributed by atoms with E-state index in [9.17, 15) is 0 Å². The van der Waals surface area contributed by atoms with E-state index in [2.05, 4.69) is 37.8 Å². The maximum atomic E-state index is 6.05. The number of nitrogens with two attached hydrogens (primary N) is 1. The van der Waals surface area contributed by atoms with Gasteiger partial charge in [-0.05, 0) is 38.3 Å². The SMILES string of the molecule is C=CCCCC(N)CSc1cccc(C)c1. The molecule has 0 spiro atoms. The molecule has 1 rings (SSSR count). The van der Waals surface area contributed by atoms with E-state index in [0.29, 0.717) is 6.04 Å². The first kappa shape index (κ1) is 13.3. The summed E-state index contributed by atoms with van der Waals surface area (Å²) in [6, 6.07) is 8.87. The number of unbranched alkanes of at least 4 members (excludes halogenated alkanes) is 1. The van der Waals surface area contributed by atoms with Crippen molar-refractivity contribution in [3.05, 3.63) is 42.5 Å². The lowest BCUT2D eigenvalue weighted by molar-refractivity contribution is 0.637. The second kappa shape index (κ2) is 7.53. The summed E-state index contributed by atoms with van der Waals surface area (Å²) in [7, 11) is 0. The van der Waals surface area contributed by atoms with Gasteiger partial charge in [0.25, 0.3) is 0 Å². The third-order valence-corrected chi connectivity index (χ3v) is 3.62. The van der Waals surface area contributed by atoms with Gasteiger partial charge in [-0.15, -0.1) is 18.3 Å². The Labute approximate surface area is 103 Å². The third-order valence-electron chi connectivity index (χ3n) is 2.44. The molecule has 88 valence electrons. The molecule has 0 aliphatic rings. The van der Waals surface area contributed by atoms with Crippen molar-refractivity contribution in [2.24, 2.45) is 5.73 Å². The molecular weight excluding hydrogens is 214 g/mol. The minimum absolute atomic E-state index is 0.297. The fourth-order valence-electron chi connectivity index (χ4n) is 1.52. The summed E-state index contributed by atoms with van der Waals surface area (Å²) >= 11 is 1.85. The molecule has 0 bridgehead atoms. The average molecular weight is 235 g/mol. The zero-order valence-electron chi connectivity index (χ0n) is 9.99. The van der Waals surface area contributed by atoms with Gasteiger partial charge >= 0.3 is 0 Å². The lowest BCUT2D eigenvalue weighted by Gasteiger charge is -2.10. The molecule has 0 saturated heterocycles. The molecule has 0 saturated carbocycles. The van der Waals surface area contributed by atoms with Gasteiger partial charge in [-0.25, -0.2) is 0 Å². The average Bonchev–Trinajstić information content (AvgIpc) is 2.27. The van der Waals surface area contributed by atoms with E-state index >= 15 is 0 Å². The Morgan fingerprint density at radius 3 is 3.00 bits per heavy atom. The lowest BCUT2D eigenvalue weighted by Crippen LogP contribution is -2.22. The first-order valence-electron chi connectivity index (χ1n) is 5.78. The predicted octanol–water partition coefficient (Wildman–Crippen LogP) is 3.77. The van der Waals surface area contributed by atoms with Crippen molar-refractivity contribution >= 4 is 11.8 Å².